The molecular formula is C24H26ClF3N2O2. The largest absolute Gasteiger partial charge is 0.416 e. The van der Waals surface area contributed by atoms with Crippen LogP contribution in [0.25, 0.3) is 0 Å². The van der Waals surface area contributed by atoms with Crippen molar-refractivity contribution in [3.8, 4) is 0 Å². The molecule has 2 unspecified atom stereocenters. The van der Waals surface area contributed by atoms with E-state index in [1.807, 2.05) is 13.8 Å². The quantitative estimate of drug-likeness (QED) is 0.621. The third kappa shape index (κ3) is 5.63. The molecule has 3 rings (SSSR count). The molecule has 1 N–H and O–H groups in total. The topological polar surface area (TPSA) is 49.4 Å². The molecule has 0 radical (unpaired) electrons. The van der Waals surface area contributed by atoms with Gasteiger partial charge in [-0.15, -0.1) is 0 Å². The Hall–Kier alpha value is -2.54. The van der Waals surface area contributed by atoms with Crippen LogP contribution in [0.1, 0.15) is 47.7 Å². The van der Waals surface area contributed by atoms with E-state index in [0.29, 0.717) is 23.6 Å². The Morgan fingerprint density at radius 2 is 1.84 bits per heavy atom. The van der Waals surface area contributed by atoms with Gasteiger partial charge in [0.1, 0.15) is 0 Å². The summed E-state index contributed by atoms with van der Waals surface area (Å²) in [5.41, 5.74) is -0.0824. The number of carbonyl (C=O) groups is 2. The van der Waals surface area contributed by atoms with Gasteiger partial charge in [-0.25, -0.2) is 0 Å². The van der Waals surface area contributed by atoms with E-state index in [2.05, 4.69) is 5.32 Å². The van der Waals surface area contributed by atoms with Gasteiger partial charge < -0.3 is 10.2 Å². The number of hydrogen-bond donors (Lipinski definition) is 1. The fourth-order valence-electron chi connectivity index (χ4n) is 3.94. The number of alkyl halides is 3. The molecular weight excluding hydrogens is 441 g/mol. The number of nitrogens with one attached hydrogen (secondary N) is 1. The number of amides is 2. The van der Waals surface area contributed by atoms with Crippen LogP contribution in [0.15, 0.2) is 48.5 Å². The van der Waals surface area contributed by atoms with E-state index in [-0.39, 0.29) is 29.9 Å². The molecule has 0 spiro atoms. The highest BCUT2D eigenvalue weighted by Gasteiger charge is 2.41. The molecule has 1 aliphatic rings. The van der Waals surface area contributed by atoms with Gasteiger partial charge in [0, 0.05) is 25.6 Å². The molecule has 0 saturated carbocycles. The lowest BCUT2D eigenvalue weighted by Crippen LogP contribution is -2.36. The van der Waals surface area contributed by atoms with Crippen molar-refractivity contribution in [3.05, 3.63) is 70.2 Å². The van der Waals surface area contributed by atoms with Crippen LogP contribution in [-0.2, 0) is 11.0 Å². The monoisotopic (exact) mass is 466 g/mol. The first-order chi connectivity index (χ1) is 15.1. The van der Waals surface area contributed by atoms with E-state index in [1.165, 1.54) is 11.0 Å². The molecule has 32 heavy (non-hydrogen) atoms. The van der Waals surface area contributed by atoms with Gasteiger partial charge in [-0.2, -0.15) is 13.2 Å². The number of rotatable bonds is 6. The van der Waals surface area contributed by atoms with E-state index in [9.17, 15) is 22.8 Å². The zero-order chi connectivity index (χ0) is 23.5. The van der Waals surface area contributed by atoms with Crippen LogP contribution in [0.2, 0.25) is 5.02 Å². The summed E-state index contributed by atoms with van der Waals surface area (Å²) in [5.74, 6) is -1.41. The number of nitrogens with zero attached hydrogens (tertiary/aromatic N) is 1. The minimum absolute atomic E-state index is 0.110. The molecule has 8 heteroatoms. The third-order valence-corrected chi connectivity index (χ3v) is 6.04. The summed E-state index contributed by atoms with van der Waals surface area (Å²) < 4.78 is 39.8. The van der Waals surface area contributed by atoms with Crippen molar-refractivity contribution < 1.29 is 22.8 Å². The van der Waals surface area contributed by atoms with E-state index >= 15 is 0 Å². The lowest BCUT2D eigenvalue weighted by Gasteiger charge is -2.19. The molecule has 0 aliphatic carbocycles. The lowest BCUT2D eigenvalue weighted by atomic mass is 9.87. The van der Waals surface area contributed by atoms with Crippen molar-refractivity contribution in [1.29, 1.82) is 0 Å². The lowest BCUT2D eigenvalue weighted by molar-refractivity contribution is -0.137. The molecule has 1 fully saturated rings. The van der Waals surface area contributed by atoms with Crippen molar-refractivity contribution in [2.45, 2.75) is 32.4 Å². The highest BCUT2D eigenvalue weighted by atomic mass is 35.5. The fraction of sp³-hybridized carbons (Fsp3) is 0.417. The van der Waals surface area contributed by atoms with Gasteiger partial charge in [0.15, 0.2) is 0 Å². The van der Waals surface area contributed by atoms with Crippen molar-refractivity contribution in [3.63, 3.8) is 0 Å². The molecule has 0 aromatic heterocycles. The Kier molecular flexibility index (Phi) is 7.49. The van der Waals surface area contributed by atoms with Gasteiger partial charge in [0.25, 0.3) is 5.91 Å². The smallest absolute Gasteiger partial charge is 0.356 e. The van der Waals surface area contributed by atoms with Gasteiger partial charge in [0.2, 0.25) is 5.91 Å². The van der Waals surface area contributed by atoms with Crippen molar-refractivity contribution in [2.24, 2.45) is 11.8 Å². The molecule has 2 aromatic carbocycles. The fourth-order valence-corrected chi connectivity index (χ4v) is 4.16. The maximum atomic E-state index is 13.3. The normalized spacial score (nSPS) is 18.8. The predicted octanol–water partition coefficient (Wildman–Crippen LogP) is 5.38. The maximum Gasteiger partial charge on any atom is 0.416 e. The van der Waals surface area contributed by atoms with Crippen molar-refractivity contribution in [2.75, 3.05) is 19.6 Å². The minimum Gasteiger partial charge on any atom is -0.356 e. The van der Waals surface area contributed by atoms with Crippen LogP contribution in [0.5, 0.6) is 0 Å². The molecule has 2 atom stereocenters. The predicted molar refractivity (Wildman–Crippen MR) is 117 cm³/mol. The number of benzene rings is 2. The SMILES string of the molecule is CC(C)CCNC(=O)C1CN(C(=O)c2ccccc2Cl)CC1c1cccc(C(F)(F)F)c1. The number of hydrogen-bond acceptors (Lipinski definition) is 2. The Morgan fingerprint density at radius 3 is 2.50 bits per heavy atom. The van der Waals surface area contributed by atoms with Crippen LogP contribution >= 0.6 is 11.6 Å². The van der Waals surface area contributed by atoms with Crippen molar-refractivity contribution in [1.82, 2.24) is 10.2 Å². The summed E-state index contributed by atoms with van der Waals surface area (Å²) in [4.78, 5) is 27.5. The molecule has 1 saturated heterocycles. The molecule has 172 valence electrons. The Labute approximate surface area is 190 Å². The first-order valence-electron chi connectivity index (χ1n) is 10.6. The summed E-state index contributed by atoms with van der Waals surface area (Å²) in [6, 6.07) is 11.6. The zero-order valence-corrected chi connectivity index (χ0v) is 18.7. The minimum atomic E-state index is -4.49. The summed E-state index contributed by atoms with van der Waals surface area (Å²) >= 11 is 6.17. The second-order valence-electron chi connectivity index (χ2n) is 8.50. The van der Waals surface area contributed by atoms with E-state index < -0.39 is 23.6 Å². The summed E-state index contributed by atoms with van der Waals surface area (Å²) in [6.45, 7) is 4.79. The Morgan fingerprint density at radius 1 is 1.12 bits per heavy atom. The second kappa shape index (κ2) is 9.94. The van der Waals surface area contributed by atoms with E-state index in [1.54, 1.807) is 30.3 Å². The van der Waals surface area contributed by atoms with Crippen LogP contribution in [0.3, 0.4) is 0 Å². The number of carbonyl (C=O) groups excluding carboxylic acids is 2. The standard InChI is InChI=1S/C24H26ClF3N2O2/c1-15(2)10-11-29-22(31)20-14-30(23(32)18-8-3-4-9-21(18)25)13-19(20)16-6-5-7-17(12-16)24(26,27)28/h3-9,12,15,19-20H,10-11,13-14H2,1-2H3,(H,29,31). The first kappa shape index (κ1) is 24.1. The molecule has 1 aliphatic heterocycles. The van der Waals surface area contributed by atoms with Gasteiger partial charge in [0.05, 0.1) is 22.1 Å². The van der Waals surface area contributed by atoms with Gasteiger partial charge in [-0.1, -0.05) is 55.8 Å². The Bertz CT molecular complexity index is 978. The highest BCUT2D eigenvalue weighted by molar-refractivity contribution is 6.33. The van der Waals surface area contributed by atoms with Crippen LogP contribution in [0.4, 0.5) is 13.2 Å². The zero-order valence-electron chi connectivity index (χ0n) is 18.0. The molecule has 4 nitrogen and oxygen atoms in total. The summed E-state index contributed by atoms with van der Waals surface area (Å²) in [5, 5.41) is 3.18. The Balaban J connectivity index is 1.88. The third-order valence-electron chi connectivity index (χ3n) is 5.71. The van der Waals surface area contributed by atoms with Gasteiger partial charge in [-0.3, -0.25) is 9.59 Å². The van der Waals surface area contributed by atoms with E-state index in [4.69, 9.17) is 11.6 Å². The maximum absolute atomic E-state index is 13.3. The number of halogens is 4. The highest BCUT2D eigenvalue weighted by Crippen LogP contribution is 2.37. The van der Waals surface area contributed by atoms with Gasteiger partial charge >= 0.3 is 6.18 Å². The average molecular weight is 467 g/mol. The van der Waals surface area contributed by atoms with Crippen LogP contribution < -0.4 is 5.32 Å². The van der Waals surface area contributed by atoms with Crippen LogP contribution in [-0.4, -0.2) is 36.3 Å². The van der Waals surface area contributed by atoms with Crippen molar-refractivity contribution >= 4 is 23.4 Å². The molecule has 0 bridgehead atoms. The molecule has 1 heterocycles. The molecule has 2 aromatic rings. The van der Waals surface area contributed by atoms with Gasteiger partial charge in [-0.05, 0) is 36.1 Å². The van der Waals surface area contributed by atoms with Crippen LogP contribution in [0, 0.1) is 11.8 Å². The van der Waals surface area contributed by atoms with E-state index in [0.717, 1.165) is 18.6 Å². The summed E-state index contributed by atoms with van der Waals surface area (Å²) in [7, 11) is 0. The second-order valence-corrected chi connectivity index (χ2v) is 8.91. The molecule has 2 amide bonds. The summed E-state index contributed by atoms with van der Waals surface area (Å²) in [6.07, 6.45) is -3.70. The average Bonchev–Trinajstić information content (AvgIpc) is 3.18. The first-order valence-corrected chi connectivity index (χ1v) is 10.9. The number of likely N-dealkylation sites (tertiary alicyclic amines) is 1.